The van der Waals surface area contributed by atoms with Crippen LogP contribution in [0.4, 0.5) is 5.69 Å². The molecule has 0 spiro atoms. The molecular weight excluding hydrogens is 476 g/mol. The summed E-state index contributed by atoms with van der Waals surface area (Å²) in [5.41, 5.74) is 1.01. The number of nitro groups is 1. The Hall–Kier alpha value is -2.89. The molecule has 1 fully saturated rings. The van der Waals surface area contributed by atoms with E-state index < -0.39 is 20.9 Å². The van der Waals surface area contributed by atoms with Crippen molar-refractivity contribution >= 4 is 43.2 Å². The lowest BCUT2D eigenvalue weighted by molar-refractivity contribution is -0.384. The summed E-state index contributed by atoms with van der Waals surface area (Å²) in [6.45, 7) is 4.95. The zero-order valence-electron chi connectivity index (χ0n) is 19.0. The van der Waals surface area contributed by atoms with Gasteiger partial charge in [-0.1, -0.05) is 24.7 Å². The lowest BCUT2D eigenvalue weighted by Gasteiger charge is -2.34. The fraction of sp³-hybridized carbons (Fsp3) is 0.391. The number of carbonyl (C=O) groups excluding carboxylic acids is 1. The molecule has 0 N–H and O–H groups in total. The Balaban J connectivity index is 1.64. The van der Waals surface area contributed by atoms with Crippen LogP contribution in [-0.2, 0) is 16.6 Å². The van der Waals surface area contributed by atoms with E-state index in [9.17, 15) is 23.3 Å². The van der Waals surface area contributed by atoms with Gasteiger partial charge < -0.3 is 4.57 Å². The molecule has 1 saturated heterocycles. The van der Waals surface area contributed by atoms with E-state index in [1.807, 2.05) is 18.4 Å². The molecule has 1 aliphatic heterocycles. The minimum atomic E-state index is -3.63. The third-order valence-corrected chi connectivity index (χ3v) is 9.15. The molecule has 9 nitrogen and oxygen atoms in total. The Morgan fingerprint density at radius 2 is 1.91 bits per heavy atom. The Morgan fingerprint density at radius 3 is 2.56 bits per heavy atom. The van der Waals surface area contributed by atoms with Crippen molar-refractivity contribution in [3.63, 3.8) is 0 Å². The number of fused-ring (bicyclic) bond motifs is 1. The second-order valence-electron chi connectivity index (χ2n) is 8.15. The molecule has 11 heteroatoms. The number of non-ortho nitro benzene ring substituents is 1. The third kappa shape index (κ3) is 4.55. The van der Waals surface area contributed by atoms with Gasteiger partial charge in [0.05, 0.1) is 20.0 Å². The Morgan fingerprint density at radius 1 is 1.18 bits per heavy atom. The molecule has 0 bridgehead atoms. The first-order valence-electron chi connectivity index (χ1n) is 11.2. The second kappa shape index (κ2) is 9.77. The number of nitro benzene ring substituents is 1. The zero-order chi connectivity index (χ0) is 24.5. The Bertz CT molecular complexity index is 1410. The van der Waals surface area contributed by atoms with Gasteiger partial charge in [-0.15, -0.1) is 0 Å². The number of carbonyl (C=O) groups is 1. The van der Waals surface area contributed by atoms with Gasteiger partial charge in [-0.2, -0.15) is 9.30 Å². The van der Waals surface area contributed by atoms with Gasteiger partial charge in [-0.3, -0.25) is 14.9 Å². The summed E-state index contributed by atoms with van der Waals surface area (Å²) in [7, 11) is -3.63. The SMILES string of the molecule is CCC1CCCCN1S(=O)(=O)c1ccc(C(=O)N=c2sc3cc([N+](=O)[O-])ccc3n2CC)cc1. The Labute approximate surface area is 201 Å². The molecular formula is C23H26N4O5S2. The monoisotopic (exact) mass is 502 g/mol. The van der Waals surface area contributed by atoms with Crippen LogP contribution < -0.4 is 4.80 Å². The molecule has 180 valence electrons. The molecule has 3 aromatic rings. The maximum absolute atomic E-state index is 13.2. The first-order chi connectivity index (χ1) is 16.3. The van der Waals surface area contributed by atoms with E-state index in [1.165, 1.54) is 47.7 Å². The number of sulfonamides is 1. The van der Waals surface area contributed by atoms with Crippen molar-refractivity contribution in [1.82, 2.24) is 8.87 Å². The van der Waals surface area contributed by atoms with Crippen molar-refractivity contribution in [2.75, 3.05) is 6.54 Å². The number of amides is 1. The molecule has 0 aliphatic carbocycles. The van der Waals surface area contributed by atoms with Crippen LogP contribution in [0.2, 0.25) is 0 Å². The second-order valence-corrected chi connectivity index (χ2v) is 11.1. The summed E-state index contributed by atoms with van der Waals surface area (Å²) in [6, 6.07) is 10.4. The highest BCUT2D eigenvalue weighted by molar-refractivity contribution is 7.89. The zero-order valence-corrected chi connectivity index (χ0v) is 20.6. The predicted molar refractivity (Wildman–Crippen MR) is 130 cm³/mol. The molecule has 1 atom stereocenters. The smallest absolute Gasteiger partial charge is 0.279 e. The topological polar surface area (TPSA) is 115 Å². The van der Waals surface area contributed by atoms with E-state index >= 15 is 0 Å². The van der Waals surface area contributed by atoms with Crippen LogP contribution in [0.25, 0.3) is 10.2 Å². The number of nitrogens with zero attached hydrogens (tertiary/aromatic N) is 4. The van der Waals surface area contributed by atoms with E-state index in [2.05, 4.69) is 4.99 Å². The largest absolute Gasteiger partial charge is 0.317 e. The van der Waals surface area contributed by atoms with E-state index in [0.29, 0.717) is 22.6 Å². The maximum Gasteiger partial charge on any atom is 0.279 e. The van der Waals surface area contributed by atoms with Crippen LogP contribution in [0.5, 0.6) is 0 Å². The van der Waals surface area contributed by atoms with Gasteiger partial charge in [0.2, 0.25) is 10.0 Å². The third-order valence-electron chi connectivity index (χ3n) is 6.14. The minimum Gasteiger partial charge on any atom is -0.317 e. The van der Waals surface area contributed by atoms with Gasteiger partial charge in [0.25, 0.3) is 11.6 Å². The van der Waals surface area contributed by atoms with Gasteiger partial charge >= 0.3 is 0 Å². The minimum absolute atomic E-state index is 0.00309. The predicted octanol–water partition coefficient (Wildman–Crippen LogP) is 4.33. The summed E-state index contributed by atoms with van der Waals surface area (Å²) in [5.74, 6) is -0.503. The standard InChI is InChI=1S/C23H26N4O5S2/c1-3-17-7-5-6-14-26(17)34(31,32)19-11-8-16(9-12-19)22(28)24-23-25(4-2)20-13-10-18(27(29)30)15-21(20)33-23/h8-13,15,17H,3-7,14H2,1-2H3. The number of thiazole rings is 1. The molecule has 4 rings (SSSR count). The normalized spacial score (nSPS) is 17.8. The van der Waals surface area contributed by atoms with E-state index in [0.717, 1.165) is 31.2 Å². The summed E-state index contributed by atoms with van der Waals surface area (Å²) >= 11 is 1.20. The highest BCUT2D eigenvalue weighted by atomic mass is 32.2. The van der Waals surface area contributed by atoms with Crippen LogP contribution in [-0.4, -0.2) is 40.7 Å². The number of hydrogen-bond acceptors (Lipinski definition) is 6. The molecule has 1 amide bonds. The molecule has 2 heterocycles. The average Bonchev–Trinajstić information content (AvgIpc) is 3.19. The first-order valence-corrected chi connectivity index (χ1v) is 13.5. The molecule has 34 heavy (non-hydrogen) atoms. The molecule has 2 aromatic carbocycles. The highest BCUT2D eigenvalue weighted by Gasteiger charge is 2.32. The van der Waals surface area contributed by atoms with Crippen molar-refractivity contribution in [3.8, 4) is 0 Å². The van der Waals surface area contributed by atoms with Crippen molar-refractivity contribution in [1.29, 1.82) is 0 Å². The number of hydrogen-bond donors (Lipinski definition) is 0. The number of piperidine rings is 1. The maximum atomic E-state index is 13.2. The quantitative estimate of drug-likeness (QED) is 0.368. The molecule has 0 saturated carbocycles. The fourth-order valence-corrected chi connectivity index (χ4v) is 7.21. The van der Waals surface area contributed by atoms with Gasteiger partial charge in [0.1, 0.15) is 0 Å². The molecule has 1 aromatic heterocycles. The van der Waals surface area contributed by atoms with E-state index in [4.69, 9.17) is 0 Å². The fourth-order valence-electron chi connectivity index (χ4n) is 4.32. The number of rotatable bonds is 6. The van der Waals surface area contributed by atoms with Gasteiger partial charge in [0.15, 0.2) is 4.80 Å². The molecule has 1 unspecified atom stereocenters. The van der Waals surface area contributed by atoms with Crippen LogP contribution in [0.1, 0.15) is 49.9 Å². The highest BCUT2D eigenvalue weighted by Crippen LogP contribution is 2.27. The van der Waals surface area contributed by atoms with Crippen LogP contribution in [0.3, 0.4) is 0 Å². The van der Waals surface area contributed by atoms with Crippen LogP contribution >= 0.6 is 11.3 Å². The van der Waals surface area contributed by atoms with Crippen molar-refractivity contribution < 1.29 is 18.1 Å². The summed E-state index contributed by atoms with van der Waals surface area (Å²) < 4.78 is 30.4. The average molecular weight is 503 g/mol. The Kier molecular flexibility index (Phi) is 6.96. The van der Waals surface area contributed by atoms with Crippen molar-refractivity contribution in [2.45, 2.75) is 57.0 Å². The summed E-state index contributed by atoms with van der Waals surface area (Å²) in [4.78, 5) is 28.3. The molecule has 0 radical (unpaired) electrons. The number of aryl methyl sites for hydroxylation is 1. The van der Waals surface area contributed by atoms with Crippen LogP contribution in [0, 0.1) is 10.1 Å². The van der Waals surface area contributed by atoms with Crippen molar-refractivity contribution in [3.05, 3.63) is 62.9 Å². The number of aromatic nitrogens is 1. The van der Waals surface area contributed by atoms with E-state index in [1.54, 1.807) is 10.4 Å². The summed E-state index contributed by atoms with van der Waals surface area (Å²) in [6.07, 6.45) is 3.51. The van der Waals surface area contributed by atoms with Gasteiger partial charge in [-0.25, -0.2) is 8.42 Å². The first kappa shape index (κ1) is 24.2. The molecule has 1 aliphatic rings. The lowest BCUT2D eigenvalue weighted by Crippen LogP contribution is -2.43. The van der Waals surface area contributed by atoms with Gasteiger partial charge in [-0.05, 0) is 56.5 Å². The van der Waals surface area contributed by atoms with Crippen molar-refractivity contribution in [2.24, 2.45) is 4.99 Å². The number of benzene rings is 2. The van der Waals surface area contributed by atoms with Gasteiger partial charge in [0, 0.05) is 36.8 Å². The van der Waals surface area contributed by atoms with Crippen LogP contribution in [0.15, 0.2) is 52.4 Å². The lowest BCUT2D eigenvalue weighted by atomic mass is 10.0. The summed E-state index contributed by atoms with van der Waals surface area (Å²) in [5, 5.41) is 11.1. The van der Waals surface area contributed by atoms with E-state index in [-0.39, 0.29) is 22.2 Å².